The predicted octanol–water partition coefficient (Wildman–Crippen LogP) is 5.59. The molecule has 0 atom stereocenters. The molecule has 2 amide bonds. The minimum atomic E-state index is -0.348. The van der Waals surface area contributed by atoms with Gasteiger partial charge < -0.3 is 29.4 Å². The molecule has 0 spiro atoms. The molecule has 2 saturated heterocycles. The Morgan fingerprint density at radius 2 is 1.80 bits per heavy atom. The normalized spacial score (nSPS) is 17.1. The summed E-state index contributed by atoms with van der Waals surface area (Å²) in [5.74, 6) is 0.820. The zero-order valence-electron chi connectivity index (χ0n) is 24.9. The predicted molar refractivity (Wildman–Crippen MR) is 170 cm³/mol. The molecule has 0 unspecified atom stereocenters. The number of hydrogen-bond acceptors (Lipinski definition) is 7. The zero-order chi connectivity index (χ0) is 30.0. The van der Waals surface area contributed by atoms with Crippen molar-refractivity contribution in [2.24, 2.45) is 0 Å². The number of oxazole rings is 1. The van der Waals surface area contributed by atoms with Crippen LogP contribution < -0.4 is 15.1 Å². The van der Waals surface area contributed by atoms with Crippen LogP contribution >= 0.6 is 0 Å². The van der Waals surface area contributed by atoms with Crippen molar-refractivity contribution in [2.75, 3.05) is 54.4 Å². The number of likely N-dealkylation sites (tertiary alicyclic amines) is 1. The van der Waals surface area contributed by atoms with E-state index in [0.29, 0.717) is 48.9 Å². The molecule has 2 aromatic heterocycles. The van der Waals surface area contributed by atoms with E-state index in [1.54, 1.807) is 6.07 Å². The van der Waals surface area contributed by atoms with Gasteiger partial charge in [0.25, 0.3) is 5.91 Å². The topological polar surface area (TPSA) is 115 Å². The second-order valence-corrected chi connectivity index (χ2v) is 12.1. The third-order valence-electron chi connectivity index (χ3n) is 9.03. The van der Waals surface area contributed by atoms with Crippen molar-refractivity contribution in [1.29, 1.82) is 0 Å². The van der Waals surface area contributed by atoms with Gasteiger partial charge in [-0.2, -0.15) is 0 Å². The standard InChI is InChI=1S/C34H38N6O4/c41-31(7-1-2-15-40-16-4-8-32(40)42)24-11-12-30(27(21-24)36-33(43)28-22-44-34(37-28)23-9-10-23)39-19-17-38(18-20-39)29-6-3-5-26-25(29)13-14-35-26/h3,5-6,11-14,21-23,35H,1-2,4,7-10,15-20H2,(H,36,43). The lowest BCUT2D eigenvalue weighted by atomic mass is 10.0. The summed E-state index contributed by atoms with van der Waals surface area (Å²) in [5.41, 5.74) is 4.63. The Morgan fingerprint density at radius 3 is 2.57 bits per heavy atom. The first-order valence-electron chi connectivity index (χ1n) is 15.8. The molecule has 10 nitrogen and oxygen atoms in total. The summed E-state index contributed by atoms with van der Waals surface area (Å²) in [6.45, 7) is 4.71. The van der Waals surface area contributed by atoms with E-state index in [2.05, 4.69) is 49.4 Å². The third-order valence-corrected chi connectivity index (χ3v) is 9.03. The van der Waals surface area contributed by atoms with Gasteiger partial charge in [-0.25, -0.2) is 4.98 Å². The zero-order valence-corrected chi connectivity index (χ0v) is 24.9. The SMILES string of the molecule is O=C(CCCCN1CCCC1=O)c1ccc(N2CCN(c3cccc4[nH]ccc34)CC2)c(NC(=O)c2coc(C3CC3)n2)c1. The molecule has 1 saturated carbocycles. The molecule has 7 rings (SSSR count). The lowest BCUT2D eigenvalue weighted by Gasteiger charge is -2.38. The highest BCUT2D eigenvalue weighted by Crippen LogP contribution is 2.39. The molecular formula is C34H38N6O4. The summed E-state index contributed by atoms with van der Waals surface area (Å²) in [6, 6.07) is 14.1. The van der Waals surface area contributed by atoms with E-state index in [9.17, 15) is 14.4 Å². The van der Waals surface area contributed by atoms with E-state index < -0.39 is 0 Å². The maximum Gasteiger partial charge on any atom is 0.277 e. The van der Waals surface area contributed by atoms with Crippen LogP contribution in [0.2, 0.25) is 0 Å². The van der Waals surface area contributed by atoms with Crippen molar-refractivity contribution in [1.82, 2.24) is 14.9 Å². The Morgan fingerprint density at radius 1 is 0.977 bits per heavy atom. The monoisotopic (exact) mass is 594 g/mol. The number of nitrogens with one attached hydrogen (secondary N) is 2. The first-order chi connectivity index (χ1) is 21.5. The Hall–Kier alpha value is -4.60. The highest BCUT2D eigenvalue weighted by molar-refractivity contribution is 6.06. The van der Waals surface area contributed by atoms with E-state index in [1.807, 2.05) is 23.2 Å². The number of carbonyl (C=O) groups is 3. The number of unbranched alkanes of at least 4 members (excludes halogenated alkanes) is 1. The maximum absolute atomic E-state index is 13.3. The molecule has 2 aromatic carbocycles. The molecule has 3 fully saturated rings. The second kappa shape index (κ2) is 12.2. The van der Waals surface area contributed by atoms with Crippen LogP contribution in [0.1, 0.15) is 77.6 Å². The van der Waals surface area contributed by atoms with Gasteiger partial charge in [0.05, 0.1) is 11.4 Å². The van der Waals surface area contributed by atoms with Gasteiger partial charge in [-0.15, -0.1) is 0 Å². The Bertz CT molecular complexity index is 1680. The largest absolute Gasteiger partial charge is 0.448 e. The number of aromatic amines is 1. The summed E-state index contributed by atoms with van der Waals surface area (Å²) in [7, 11) is 0. The van der Waals surface area contributed by atoms with Crippen LogP contribution in [-0.2, 0) is 4.79 Å². The number of Topliss-reactive ketones (excluding diaryl/α,β-unsaturated/α-hetero) is 1. The van der Waals surface area contributed by atoms with Gasteiger partial charge in [-0.3, -0.25) is 14.4 Å². The first-order valence-corrected chi connectivity index (χ1v) is 15.8. The van der Waals surface area contributed by atoms with Crippen molar-refractivity contribution < 1.29 is 18.8 Å². The van der Waals surface area contributed by atoms with Crippen LogP contribution in [0, 0.1) is 0 Å². The minimum absolute atomic E-state index is 0.0293. The molecule has 10 heteroatoms. The summed E-state index contributed by atoms with van der Waals surface area (Å²) in [5, 5.41) is 4.26. The molecule has 4 aromatic rings. The van der Waals surface area contributed by atoms with E-state index in [0.717, 1.165) is 69.6 Å². The highest BCUT2D eigenvalue weighted by Gasteiger charge is 2.30. The number of amides is 2. The number of anilines is 3. The average molecular weight is 595 g/mol. The summed E-state index contributed by atoms with van der Waals surface area (Å²) in [4.78, 5) is 52.7. The van der Waals surface area contributed by atoms with Crippen molar-refractivity contribution in [3.63, 3.8) is 0 Å². The van der Waals surface area contributed by atoms with E-state index in [-0.39, 0.29) is 23.3 Å². The second-order valence-electron chi connectivity index (χ2n) is 12.1. The molecule has 44 heavy (non-hydrogen) atoms. The Labute approximate surface area is 256 Å². The Balaban J connectivity index is 1.06. The smallest absolute Gasteiger partial charge is 0.277 e. The lowest BCUT2D eigenvalue weighted by molar-refractivity contribution is -0.127. The molecule has 4 heterocycles. The quantitative estimate of drug-likeness (QED) is 0.172. The van der Waals surface area contributed by atoms with Gasteiger partial charge in [0.15, 0.2) is 17.4 Å². The first kappa shape index (κ1) is 28.2. The van der Waals surface area contributed by atoms with E-state index in [4.69, 9.17) is 4.42 Å². The van der Waals surface area contributed by atoms with Crippen LogP contribution in [-0.4, -0.2) is 71.7 Å². The number of piperazine rings is 1. The molecule has 0 radical (unpaired) electrons. The van der Waals surface area contributed by atoms with E-state index in [1.165, 1.54) is 17.3 Å². The van der Waals surface area contributed by atoms with E-state index >= 15 is 0 Å². The van der Waals surface area contributed by atoms with Gasteiger partial charge in [-0.1, -0.05) is 6.07 Å². The fourth-order valence-electron chi connectivity index (χ4n) is 6.39. The van der Waals surface area contributed by atoms with Gasteiger partial charge in [0.1, 0.15) is 6.26 Å². The number of fused-ring (bicyclic) bond motifs is 1. The lowest BCUT2D eigenvalue weighted by Crippen LogP contribution is -2.46. The van der Waals surface area contributed by atoms with Crippen LogP contribution in [0.5, 0.6) is 0 Å². The van der Waals surface area contributed by atoms with Gasteiger partial charge in [-0.05, 0) is 68.5 Å². The highest BCUT2D eigenvalue weighted by atomic mass is 16.3. The third kappa shape index (κ3) is 5.93. The molecule has 3 aliphatic rings. The molecular weight excluding hydrogens is 556 g/mol. The van der Waals surface area contributed by atoms with Crippen molar-refractivity contribution >= 4 is 45.6 Å². The van der Waals surface area contributed by atoms with Crippen LogP contribution in [0.25, 0.3) is 10.9 Å². The Kier molecular flexibility index (Phi) is 7.80. The van der Waals surface area contributed by atoms with Gasteiger partial charge >= 0.3 is 0 Å². The minimum Gasteiger partial charge on any atom is -0.448 e. The fourth-order valence-corrected chi connectivity index (χ4v) is 6.39. The number of H-pyrrole nitrogens is 1. The molecule has 2 N–H and O–H groups in total. The maximum atomic E-state index is 13.3. The number of hydrogen-bond donors (Lipinski definition) is 2. The number of nitrogens with zero attached hydrogens (tertiary/aromatic N) is 4. The number of rotatable bonds is 11. The number of benzene rings is 2. The van der Waals surface area contributed by atoms with Crippen molar-refractivity contribution in [3.8, 4) is 0 Å². The number of ketones is 1. The van der Waals surface area contributed by atoms with Crippen LogP contribution in [0.3, 0.4) is 0 Å². The van der Waals surface area contributed by atoms with Crippen LogP contribution in [0.15, 0.2) is 59.3 Å². The fraction of sp³-hybridized carbons (Fsp3) is 0.412. The van der Waals surface area contributed by atoms with Crippen molar-refractivity contribution in [2.45, 2.75) is 50.9 Å². The average Bonchev–Trinajstić information content (AvgIpc) is 3.39. The summed E-state index contributed by atoms with van der Waals surface area (Å²) >= 11 is 0. The summed E-state index contributed by atoms with van der Waals surface area (Å²) in [6.07, 6.45) is 8.93. The van der Waals surface area contributed by atoms with Crippen molar-refractivity contribution in [3.05, 3.63) is 72.1 Å². The number of carbonyl (C=O) groups excluding carboxylic acids is 3. The molecule has 1 aliphatic carbocycles. The van der Waals surface area contributed by atoms with Gasteiger partial charge in [0.2, 0.25) is 5.91 Å². The van der Waals surface area contributed by atoms with Crippen LogP contribution in [0.4, 0.5) is 17.1 Å². The number of aromatic nitrogens is 2. The molecule has 0 bridgehead atoms. The molecule has 228 valence electrons. The van der Waals surface area contributed by atoms with Gasteiger partial charge in [0, 0.05) is 86.4 Å². The summed E-state index contributed by atoms with van der Waals surface area (Å²) < 4.78 is 5.56. The molecule has 2 aliphatic heterocycles.